The number of nitrogens with zero attached hydrogens (tertiary/aromatic N) is 3. The van der Waals surface area contributed by atoms with E-state index in [1.54, 1.807) is 29.9 Å². The van der Waals surface area contributed by atoms with E-state index in [2.05, 4.69) is 27.1 Å². The Hall–Kier alpha value is -3.63. The first-order valence-electron chi connectivity index (χ1n) is 11.5. The summed E-state index contributed by atoms with van der Waals surface area (Å²) in [7, 11) is 1.32. The van der Waals surface area contributed by atoms with E-state index < -0.39 is 17.5 Å². The van der Waals surface area contributed by atoms with Crippen LogP contribution >= 0.6 is 11.3 Å². The Labute approximate surface area is 210 Å². The molecule has 7 nitrogen and oxygen atoms in total. The van der Waals surface area contributed by atoms with Crippen molar-refractivity contribution in [3.05, 3.63) is 65.4 Å². The zero-order chi connectivity index (χ0) is 25.4. The van der Waals surface area contributed by atoms with Gasteiger partial charge in [-0.2, -0.15) is 0 Å². The van der Waals surface area contributed by atoms with Gasteiger partial charge in [-0.3, -0.25) is 9.78 Å². The molecule has 0 radical (unpaired) electrons. The number of methoxy groups -OCH3 is 1. The highest BCUT2D eigenvalue weighted by atomic mass is 32.1. The Balaban J connectivity index is 1.48. The molecule has 1 aliphatic heterocycles. The SMILES string of the molecule is COc1ccc(F)c(-c2csc3ccc(C(=O)Nc4cnccc4N4C[C@H](C)C[C@H](N)C4)nc23)c1F. The van der Waals surface area contributed by atoms with Crippen LogP contribution in [0.2, 0.25) is 0 Å². The summed E-state index contributed by atoms with van der Waals surface area (Å²) in [6.45, 7) is 3.65. The van der Waals surface area contributed by atoms with Crippen LogP contribution in [0.15, 0.2) is 48.1 Å². The van der Waals surface area contributed by atoms with Gasteiger partial charge in [-0.15, -0.1) is 11.3 Å². The number of hydrogen-bond acceptors (Lipinski definition) is 7. The number of carbonyl (C=O) groups is 1. The van der Waals surface area contributed by atoms with Crippen LogP contribution < -0.4 is 20.7 Å². The number of halogens is 2. The van der Waals surface area contributed by atoms with Crippen LogP contribution in [0.1, 0.15) is 23.8 Å². The molecule has 2 atom stereocenters. The number of benzene rings is 1. The Morgan fingerprint density at radius 2 is 2.06 bits per heavy atom. The lowest BCUT2D eigenvalue weighted by atomic mass is 9.96. The second-order valence-electron chi connectivity index (χ2n) is 8.98. The number of piperidine rings is 1. The van der Waals surface area contributed by atoms with Gasteiger partial charge in [-0.25, -0.2) is 13.8 Å². The number of nitrogens with one attached hydrogen (secondary N) is 1. The maximum absolute atomic E-state index is 15.0. The predicted octanol–water partition coefficient (Wildman–Crippen LogP) is 5.07. The van der Waals surface area contributed by atoms with Crippen molar-refractivity contribution in [3.63, 3.8) is 0 Å². The molecule has 1 aromatic carbocycles. The van der Waals surface area contributed by atoms with Crippen molar-refractivity contribution in [2.75, 3.05) is 30.4 Å². The van der Waals surface area contributed by atoms with Gasteiger partial charge in [0.25, 0.3) is 5.91 Å². The first-order valence-corrected chi connectivity index (χ1v) is 12.4. The number of anilines is 2. The second-order valence-corrected chi connectivity index (χ2v) is 9.90. The summed E-state index contributed by atoms with van der Waals surface area (Å²) in [5.41, 5.74) is 8.07. The van der Waals surface area contributed by atoms with Crippen LogP contribution in [0.25, 0.3) is 21.3 Å². The summed E-state index contributed by atoms with van der Waals surface area (Å²) in [6, 6.07) is 7.58. The van der Waals surface area contributed by atoms with Gasteiger partial charge in [0.15, 0.2) is 11.6 Å². The second kappa shape index (κ2) is 9.79. The number of pyridine rings is 2. The molecule has 1 saturated heterocycles. The van der Waals surface area contributed by atoms with Crippen LogP contribution in [0.3, 0.4) is 0 Å². The van der Waals surface area contributed by atoms with E-state index in [0.717, 1.165) is 24.7 Å². The van der Waals surface area contributed by atoms with Gasteiger partial charge in [0.2, 0.25) is 0 Å². The van der Waals surface area contributed by atoms with E-state index in [9.17, 15) is 13.6 Å². The zero-order valence-corrected chi connectivity index (χ0v) is 20.6. The van der Waals surface area contributed by atoms with Crippen LogP contribution in [-0.2, 0) is 0 Å². The number of amides is 1. The van der Waals surface area contributed by atoms with E-state index >= 15 is 0 Å². The van der Waals surface area contributed by atoms with Gasteiger partial charge in [0.05, 0.1) is 40.5 Å². The van der Waals surface area contributed by atoms with Gasteiger partial charge >= 0.3 is 0 Å². The van der Waals surface area contributed by atoms with E-state index in [1.807, 2.05) is 6.07 Å². The van der Waals surface area contributed by atoms with Gasteiger partial charge in [0.1, 0.15) is 11.5 Å². The Morgan fingerprint density at radius 1 is 1.22 bits per heavy atom. The normalized spacial score (nSPS) is 17.9. The largest absolute Gasteiger partial charge is 0.494 e. The summed E-state index contributed by atoms with van der Waals surface area (Å²) >= 11 is 1.29. The van der Waals surface area contributed by atoms with Crippen molar-refractivity contribution in [1.29, 1.82) is 0 Å². The molecule has 186 valence electrons. The quantitative estimate of drug-likeness (QED) is 0.390. The lowest BCUT2D eigenvalue weighted by molar-refractivity contribution is 0.102. The van der Waals surface area contributed by atoms with Crippen molar-refractivity contribution in [2.24, 2.45) is 11.7 Å². The fourth-order valence-corrected chi connectivity index (χ4v) is 5.58. The third-order valence-corrected chi connectivity index (χ3v) is 7.21. The molecule has 0 spiro atoms. The number of nitrogens with two attached hydrogens (primary N) is 1. The van der Waals surface area contributed by atoms with E-state index in [4.69, 9.17) is 10.5 Å². The summed E-state index contributed by atoms with van der Waals surface area (Å²) in [6.07, 6.45) is 4.22. The zero-order valence-electron chi connectivity index (χ0n) is 19.8. The lowest BCUT2D eigenvalue weighted by Gasteiger charge is -2.37. The first-order chi connectivity index (χ1) is 17.4. The topological polar surface area (TPSA) is 93.4 Å². The highest BCUT2D eigenvalue weighted by molar-refractivity contribution is 7.17. The molecule has 4 heterocycles. The standard InChI is InChI=1S/C26H25F2N5O2S/c1-14-9-15(29)12-33(11-14)20-7-8-30-10-19(20)32-26(34)18-4-6-22-25(31-18)16(13-36-22)23-17(27)3-5-21(35-2)24(23)28/h3-8,10,13-15H,9,11-12,29H2,1-2H3,(H,32,34)/t14-,15+/m1/s1. The van der Waals surface area contributed by atoms with Crippen molar-refractivity contribution in [1.82, 2.24) is 9.97 Å². The minimum atomic E-state index is -0.817. The number of rotatable bonds is 5. The Bertz CT molecular complexity index is 1430. The number of fused-ring (bicyclic) bond motifs is 1. The fourth-order valence-electron chi connectivity index (χ4n) is 4.70. The molecular formula is C26H25F2N5O2S. The molecule has 5 rings (SSSR count). The number of thiophene rings is 1. The number of hydrogen-bond donors (Lipinski definition) is 2. The van der Waals surface area contributed by atoms with Crippen LogP contribution in [0.5, 0.6) is 5.75 Å². The number of carbonyl (C=O) groups excluding carboxylic acids is 1. The molecule has 3 aromatic heterocycles. The maximum atomic E-state index is 15.0. The fraction of sp³-hybridized carbons (Fsp3) is 0.269. The molecule has 1 fully saturated rings. The molecule has 1 aliphatic rings. The van der Waals surface area contributed by atoms with Gasteiger partial charge in [-0.1, -0.05) is 6.92 Å². The summed E-state index contributed by atoms with van der Waals surface area (Å²) < 4.78 is 35.3. The molecule has 1 amide bonds. The lowest BCUT2D eigenvalue weighted by Crippen LogP contribution is -2.46. The van der Waals surface area contributed by atoms with Crippen LogP contribution in [0.4, 0.5) is 20.2 Å². The highest BCUT2D eigenvalue weighted by Crippen LogP contribution is 2.38. The summed E-state index contributed by atoms with van der Waals surface area (Å²) in [5.74, 6) is -1.66. The average Bonchev–Trinajstić information content (AvgIpc) is 3.27. The molecule has 0 aliphatic carbocycles. The molecule has 10 heteroatoms. The Kier molecular flexibility index (Phi) is 6.55. The highest BCUT2D eigenvalue weighted by Gasteiger charge is 2.25. The van der Waals surface area contributed by atoms with Crippen molar-refractivity contribution in [2.45, 2.75) is 19.4 Å². The molecule has 4 aromatic rings. The smallest absolute Gasteiger partial charge is 0.274 e. The minimum Gasteiger partial charge on any atom is -0.494 e. The van der Waals surface area contributed by atoms with E-state index in [-0.39, 0.29) is 28.6 Å². The van der Waals surface area contributed by atoms with Crippen molar-refractivity contribution >= 4 is 38.8 Å². The van der Waals surface area contributed by atoms with Crippen LogP contribution in [-0.4, -0.2) is 42.1 Å². The molecule has 0 unspecified atom stereocenters. The molecule has 0 bridgehead atoms. The van der Waals surface area contributed by atoms with Crippen molar-refractivity contribution < 1.29 is 18.3 Å². The van der Waals surface area contributed by atoms with Gasteiger partial charge < -0.3 is 20.7 Å². The molecule has 36 heavy (non-hydrogen) atoms. The van der Waals surface area contributed by atoms with E-state index in [0.29, 0.717) is 28.4 Å². The summed E-state index contributed by atoms with van der Waals surface area (Å²) in [4.78, 5) is 24.0. The van der Waals surface area contributed by atoms with Gasteiger partial charge in [-0.05, 0) is 42.7 Å². The third kappa shape index (κ3) is 4.49. The minimum absolute atomic E-state index is 0.0453. The van der Waals surface area contributed by atoms with E-state index in [1.165, 1.54) is 24.5 Å². The average molecular weight is 510 g/mol. The van der Waals surface area contributed by atoms with Gasteiger partial charge in [0, 0.05) is 36.3 Å². The molecule has 3 N–H and O–H groups in total. The maximum Gasteiger partial charge on any atom is 0.274 e. The number of aromatic nitrogens is 2. The monoisotopic (exact) mass is 509 g/mol. The summed E-state index contributed by atoms with van der Waals surface area (Å²) in [5, 5.41) is 4.53. The molecular weight excluding hydrogens is 484 g/mol. The van der Waals surface area contributed by atoms with Crippen LogP contribution in [0, 0.1) is 17.6 Å². The van der Waals surface area contributed by atoms with Crippen molar-refractivity contribution in [3.8, 4) is 16.9 Å². The number of ether oxygens (including phenoxy) is 1. The molecule has 0 saturated carbocycles. The third-order valence-electron chi connectivity index (χ3n) is 6.27. The first kappa shape index (κ1) is 24.1. The predicted molar refractivity (Wildman–Crippen MR) is 138 cm³/mol. The Morgan fingerprint density at radius 3 is 2.83 bits per heavy atom.